The first-order valence-electron chi connectivity index (χ1n) is 8.70. The van der Waals surface area contributed by atoms with Gasteiger partial charge in [0.1, 0.15) is 11.6 Å². The zero-order valence-corrected chi connectivity index (χ0v) is 15.1. The highest BCUT2D eigenvalue weighted by atomic mass is 19.3. The Morgan fingerprint density at radius 3 is 2.70 bits per heavy atom. The molecule has 1 atom stereocenters. The molecule has 1 saturated heterocycles. The molecule has 1 aliphatic heterocycles. The SMILES string of the molecule is Cc1ccc2nc(C(F)F)n(-c3cc(N4CCOC[C@@H]4C)nc(N)n3)c2c1. The van der Waals surface area contributed by atoms with E-state index in [4.69, 9.17) is 10.5 Å². The Morgan fingerprint density at radius 1 is 1.19 bits per heavy atom. The molecular weight excluding hydrogens is 354 g/mol. The van der Waals surface area contributed by atoms with Gasteiger partial charge in [0, 0.05) is 12.6 Å². The number of imidazole rings is 1. The smallest absolute Gasteiger partial charge is 0.296 e. The molecule has 1 aromatic carbocycles. The maximum absolute atomic E-state index is 13.7. The number of rotatable bonds is 3. The van der Waals surface area contributed by atoms with Gasteiger partial charge in [-0.15, -0.1) is 0 Å². The van der Waals surface area contributed by atoms with Crippen molar-refractivity contribution in [2.45, 2.75) is 26.3 Å². The van der Waals surface area contributed by atoms with Gasteiger partial charge in [-0.3, -0.25) is 4.57 Å². The van der Waals surface area contributed by atoms with Crippen molar-refractivity contribution in [3.05, 3.63) is 35.7 Å². The number of alkyl halides is 2. The standard InChI is InChI=1S/C18H20F2N6O/c1-10-3-4-12-13(7-10)26(17(22-12)16(19)20)15-8-14(23-18(21)24-15)25-5-6-27-9-11(25)2/h3-4,7-8,11,16H,5-6,9H2,1-2H3,(H2,21,23,24)/t11-/m0/s1. The van der Waals surface area contributed by atoms with Gasteiger partial charge in [-0.2, -0.15) is 9.97 Å². The minimum absolute atomic E-state index is 0.0240. The lowest BCUT2D eigenvalue weighted by Crippen LogP contribution is -2.44. The first kappa shape index (κ1) is 17.6. The number of morpholine rings is 1. The van der Waals surface area contributed by atoms with E-state index in [0.717, 1.165) is 5.56 Å². The van der Waals surface area contributed by atoms with Gasteiger partial charge in [-0.25, -0.2) is 13.8 Å². The third-order valence-corrected chi connectivity index (χ3v) is 4.64. The lowest BCUT2D eigenvalue weighted by atomic mass is 10.2. The summed E-state index contributed by atoms with van der Waals surface area (Å²) in [4.78, 5) is 14.7. The lowest BCUT2D eigenvalue weighted by molar-refractivity contribution is 0.0985. The van der Waals surface area contributed by atoms with Crippen LogP contribution in [0.5, 0.6) is 0 Å². The molecule has 0 radical (unpaired) electrons. The second-order valence-electron chi connectivity index (χ2n) is 6.66. The third-order valence-electron chi connectivity index (χ3n) is 4.64. The molecular formula is C18H20F2N6O. The van der Waals surface area contributed by atoms with E-state index in [0.29, 0.717) is 36.6 Å². The van der Waals surface area contributed by atoms with Crippen LogP contribution in [-0.2, 0) is 4.74 Å². The summed E-state index contributed by atoms with van der Waals surface area (Å²) in [5, 5.41) is 0. The molecule has 0 unspecified atom stereocenters. The number of nitrogens with zero attached hydrogens (tertiary/aromatic N) is 5. The van der Waals surface area contributed by atoms with E-state index in [2.05, 4.69) is 15.0 Å². The van der Waals surface area contributed by atoms with Crippen LogP contribution in [0.25, 0.3) is 16.9 Å². The van der Waals surface area contributed by atoms with Crippen LogP contribution >= 0.6 is 0 Å². The number of hydrogen-bond donors (Lipinski definition) is 1. The summed E-state index contributed by atoms with van der Waals surface area (Å²) in [5.74, 6) is 0.521. The molecule has 2 N–H and O–H groups in total. The van der Waals surface area contributed by atoms with Gasteiger partial charge < -0.3 is 15.4 Å². The van der Waals surface area contributed by atoms with Crippen LogP contribution < -0.4 is 10.6 Å². The first-order valence-corrected chi connectivity index (χ1v) is 8.70. The predicted octanol–water partition coefficient (Wildman–Crippen LogP) is 2.87. The number of aryl methyl sites for hydroxylation is 1. The number of fused-ring (bicyclic) bond motifs is 1. The maximum atomic E-state index is 13.7. The van der Waals surface area contributed by atoms with Crippen LogP contribution in [-0.4, -0.2) is 45.3 Å². The Bertz CT molecular complexity index is 989. The number of anilines is 2. The fourth-order valence-corrected chi connectivity index (χ4v) is 3.36. The monoisotopic (exact) mass is 374 g/mol. The van der Waals surface area contributed by atoms with Crippen molar-refractivity contribution in [2.75, 3.05) is 30.4 Å². The summed E-state index contributed by atoms with van der Waals surface area (Å²) in [7, 11) is 0. The molecule has 142 valence electrons. The molecule has 1 fully saturated rings. The number of nitrogen functional groups attached to an aromatic ring is 1. The molecule has 0 bridgehead atoms. The van der Waals surface area contributed by atoms with Crippen molar-refractivity contribution in [3.8, 4) is 5.82 Å². The zero-order chi connectivity index (χ0) is 19.1. The molecule has 1 aliphatic rings. The van der Waals surface area contributed by atoms with E-state index in [9.17, 15) is 8.78 Å². The molecule has 3 aromatic rings. The second kappa shape index (κ2) is 6.73. The van der Waals surface area contributed by atoms with Gasteiger partial charge in [0.25, 0.3) is 6.43 Å². The summed E-state index contributed by atoms with van der Waals surface area (Å²) >= 11 is 0. The van der Waals surface area contributed by atoms with E-state index >= 15 is 0 Å². The molecule has 0 aliphatic carbocycles. The first-order chi connectivity index (χ1) is 12.9. The van der Waals surface area contributed by atoms with Crippen LogP contribution in [0.4, 0.5) is 20.5 Å². The van der Waals surface area contributed by atoms with Gasteiger partial charge in [-0.05, 0) is 31.5 Å². The summed E-state index contributed by atoms with van der Waals surface area (Å²) < 4.78 is 34.2. The average Bonchev–Trinajstić information content (AvgIpc) is 3.00. The highest BCUT2D eigenvalue weighted by molar-refractivity contribution is 5.79. The highest BCUT2D eigenvalue weighted by Gasteiger charge is 2.25. The van der Waals surface area contributed by atoms with Crippen molar-refractivity contribution >= 4 is 22.8 Å². The normalized spacial score (nSPS) is 17.8. The average molecular weight is 374 g/mol. The van der Waals surface area contributed by atoms with Gasteiger partial charge in [0.05, 0.1) is 30.3 Å². The van der Waals surface area contributed by atoms with Gasteiger partial charge in [-0.1, -0.05) is 6.07 Å². The molecule has 3 heterocycles. The van der Waals surface area contributed by atoms with Crippen molar-refractivity contribution in [3.63, 3.8) is 0 Å². The molecule has 0 amide bonds. The van der Waals surface area contributed by atoms with E-state index in [1.807, 2.05) is 30.9 Å². The summed E-state index contributed by atoms with van der Waals surface area (Å²) in [6.07, 6.45) is -2.75. The Hall–Kier alpha value is -2.81. The Labute approximate surface area is 154 Å². The van der Waals surface area contributed by atoms with Crippen molar-refractivity contribution in [1.29, 1.82) is 0 Å². The van der Waals surface area contributed by atoms with Gasteiger partial charge in [0.15, 0.2) is 5.82 Å². The van der Waals surface area contributed by atoms with Crippen LogP contribution in [0.15, 0.2) is 24.3 Å². The Morgan fingerprint density at radius 2 is 1.96 bits per heavy atom. The van der Waals surface area contributed by atoms with Crippen molar-refractivity contribution < 1.29 is 13.5 Å². The number of aromatic nitrogens is 4. The quantitative estimate of drug-likeness (QED) is 0.759. The van der Waals surface area contributed by atoms with Crippen LogP contribution in [0.3, 0.4) is 0 Å². The molecule has 4 rings (SSSR count). The number of benzene rings is 1. The van der Waals surface area contributed by atoms with E-state index in [-0.39, 0.29) is 23.6 Å². The van der Waals surface area contributed by atoms with Gasteiger partial charge >= 0.3 is 0 Å². The largest absolute Gasteiger partial charge is 0.377 e. The summed E-state index contributed by atoms with van der Waals surface area (Å²) in [6.45, 7) is 5.68. The number of nitrogens with two attached hydrogens (primary N) is 1. The fraction of sp³-hybridized carbons (Fsp3) is 0.389. The maximum Gasteiger partial charge on any atom is 0.296 e. The molecule has 0 spiro atoms. The Balaban J connectivity index is 1.91. The molecule has 7 nitrogen and oxygen atoms in total. The molecule has 0 saturated carbocycles. The number of ether oxygens (including phenoxy) is 1. The Kier molecular flexibility index (Phi) is 4.39. The van der Waals surface area contributed by atoms with Crippen LogP contribution in [0.2, 0.25) is 0 Å². The van der Waals surface area contributed by atoms with Crippen molar-refractivity contribution in [1.82, 2.24) is 19.5 Å². The fourth-order valence-electron chi connectivity index (χ4n) is 3.36. The minimum atomic E-state index is -2.75. The molecule has 9 heteroatoms. The molecule has 2 aromatic heterocycles. The summed E-state index contributed by atoms with van der Waals surface area (Å²) in [6, 6.07) is 7.14. The van der Waals surface area contributed by atoms with E-state index in [1.165, 1.54) is 4.57 Å². The number of halogens is 2. The van der Waals surface area contributed by atoms with Crippen LogP contribution in [0.1, 0.15) is 24.7 Å². The van der Waals surface area contributed by atoms with E-state index in [1.54, 1.807) is 12.1 Å². The number of hydrogen-bond acceptors (Lipinski definition) is 6. The van der Waals surface area contributed by atoms with Crippen LogP contribution in [0, 0.1) is 6.92 Å². The lowest BCUT2D eigenvalue weighted by Gasteiger charge is -2.34. The third kappa shape index (κ3) is 3.18. The minimum Gasteiger partial charge on any atom is -0.377 e. The van der Waals surface area contributed by atoms with Gasteiger partial charge in [0.2, 0.25) is 5.95 Å². The second-order valence-corrected chi connectivity index (χ2v) is 6.66. The topological polar surface area (TPSA) is 82.1 Å². The summed E-state index contributed by atoms with van der Waals surface area (Å²) in [5.41, 5.74) is 7.90. The molecule has 27 heavy (non-hydrogen) atoms. The van der Waals surface area contributed by atoms with E-state index < -0.39 is 6.43 Å². The van der Waals surface area contributed by atoms with Crippen molar-refractivity contribution in [2.24, 2.45) is 0 Å². The highest BCUT2D eigenvalue weighted by Crippen LogP contribution is 2.29. The zero-order valence-electron chi connectivity index (χ0n) is 15.1. The predicted molar refractivity (Wildman–Crippen MR) is 98.4 cm³/mol.